The van der Waals surface area contributed by atoms with E-state index in [1.165, 1.54) is 0 Å². The molecule has 0 aliphatic heterocycles. The van der Waals surface area contributed by atoms with Crippen LogP contribution in [0.1, 0.15) is 0 Å². The molecule has 0 atom stereocenters. The largest absolute Gasteiger partial charge is 0.495 e. The van der Waals surface area contributed by atoms with Crippen LogP contribution in [0.3, 0.4) is 0 Å². The van der Waals surface area contributed by atoms with Crippen molar-refractivity contribution in [3.63, 3.8) is 0 Å². The quantitative estimate of drug-likeness (QED) is 0.170. The summed E-state index contributed by atoms with van der Waals surface area (Å²) in [5, 5.41) is 19.0. The first-order valence-electron chi connectivity index (χ1n) is 1.46. The van der Waals surface area contributed by atoms with Gasteiger partial charge in [0.25, 0.3) is 0 Å². The van der Waals surface area contributed by atoms with Gasteiger partial charge in [-0.05, 0) is 0 Å². The SMILES string of the molecule is O=[N+]([O-])C(I)[N+](=O)[O-]. The molecular formula is CHIN2O4. The summed E-state index contributed by atoms with van der Waals surface area (Å²) in [6.07, 6.45) is 0. The highest BCUT2D eigenvalue weighted by Crippen LogP contribution is 1.99. The number of nitrogens with zero attached hydrogens (tertiary/aromatic N) is 2. The van der Waals surface area contributed by atoms with E-state index in [4.69, 9.17) is 0 Å². The molecule has 0 radical (unpaired) electrons. The zero-order valence-corrected chi connectivity index (χ0v) is 5.64. The Bertz CT molecular complexity index is 109. The van der Waals surface area contributed by atoms with Gasteiger partial charge in [0.05, 0.1) is 0 Å². The van der Waals surface area contributed by atoms with Crippen LogP contribution in [0.25, 0.3) is 0 Å². The fourth-order valence-electron chi connectivity index (χ4n) is 0.0770. The van der Waals surface area contributed by atoms with Gasteiger partial charge >= 0.3 is 4.17 Å². The molecule has 6 nitrogen and oxygen atoms in total. The number of halogens is 1. The van der Waals surface area contributed by atoms with Crippen LogP contribution in [-0.4, -0.2) is 14.0 Å². The molecule has 0 unspecified atom stereocenters. The van der Waals surface area contributed by atoms with Crippen molar-refractivity contribution in [3.05, 3.63) is 20.2 Å². The monoisotopic (exact) mass is 232 g/mol. The van der Waals surface area contributed by atoms with Crippen LogP contribution in [0.2, 0.25) is 0 Å². The van der Waals surface area contributed by atoms with E-state index in [1.54, 1.807) is 0 Å². The molecule has 7 heteroatoms. The Hall–Kier alpha value is -0.470. The van der Waals surface area contributed by atoms with Crippen LogP contribution in [0.5, 0.6) is 0 Å². The summed E-state index contributed by atoms with van der Waals surface area (Å²) in [6.45, 7) is 0. The van der Waals surface area contributed by atoms with Gasteiger partial charge in [-0.3, -0.25) is 20.2 Å². The van der Waals surface area contributed by atoms with Gasteiger partial charge in [-0.2, -0.15) is 0 Å². The highest BCUT2D eigenvalue weighted by molar-refractivity contribution is 14.1. The second-order valence-corrected chi connectivity index (χ2v) is 2.00. The van der Waals surface area contributed by atoms with Crippen molar-refractivity contribution < 1.29 is 9.85 Å². The molecular weight excluding hydrogens is 231 g/mol. The van der Waals surface area contributed by atoms with Crippen LogP contribution in [0.4, 0.5) is 0 Å². The summed E-state index contributed by atoms with van der Waals surface area (Å²) in [4.78, 5) is 17.1. The van der Waals surface area contributed by atoms with Gasteiger partial charge in [0.1, 0.15) is 32.4 Å². The molecule has 0 saturated carbocycles. The number of rotatable bonds is 2. The third-order valence-corrected chi connectivity index (χ3v) is 1.26. The predicted octanol–water partition coefficient (Wildman–Crippen LogP) is 0.258. The normalized spacial score (nSPS) is 9.25. The van der Waals surface area contributed by atoms with E-state index in [0.29, 0.717) is 0 Å². The Morgan fingerprint density at radius 3 is 1.50 bits per heavy atom. The number of nitro groups is 2. The van der Waals surface area contributed by atoms with Gasteiger partial charge < -0.3 is 0 Å². The molecule has 0 spiro atoms. The van der Waals surface area contributed by atoms with Crippen LogP contribution in [0, 0.1) is 20.2 Å². The highest BCUT2D eigenvalue weighted by atomic mass is 127. The third-order valence-electron chi connectivity index (χ3n) is 0.348. The fraction of sp³-hybridized carbons (Fsp3) is 1.00. The van der Waals surface area contributed by atoms with E-state index in [-0.39, 0.29) is 0 Å². The van der Waals surface area contributed by atoms with E-state index >= 15 is 0 Å². The van der Waals surface area contributed by atoms with Crippen LogP contribution in [0.15, 0.2) is 0 Å². The van der Waals surface area contributed by atoms with Gasteiger partial charge in [0.15, 0.2) is 0 Å². The van der Waals surface area contributed by atoms with Gasteiger partial charge in [-0.1, -0.05) is 0 Å². The highest BCUT2D eigenvalue weighted by Gasteiger charge is 2.25. The molecule has 0 aromatic rings. The van der Waals surface area contributed by atoms with Crippen LogP contribution in [-0.2, 0) is 0 Å². The van der Waals surface area contributed by atoms with E-state index in [2.05, 4.69) is 0 Å². The van der Waals surface area contributed by atoms with E-state index < -0.39 is 14.0 Å². The van der Waals surface area contributed by atoms with Crippen LogP contribution < -0.4 is 0 Å². The molecule has 0 saturated heterocycles. The van der Waals surface area contributed by atoms with Crippen molar-refractivity contribution in [2.75, 3.05) is 0 Å². The second-order valence-electron chi connectivity index (χ2n) is 0.881. The molecule has 0 N–H and O–H groups in total. The zero-order chi connectivity index (χ0) is 6.73. The van der Waals surface area contributed by atoms with Gasteiger partial charge in [0.2, 0.25) is 0 Å². The van der Waals surface area contributed by atoms with Crippen molar-refractivity contribution >= 4 is 22.6 Å². The van der Waals surface area contributed by atoms with Crippen molar-refractivity contribution in [2.45, 2.75) is 4.17 Å². The molecule has 0 aliphatic rings. The first-order chi connectivity index (χ1) is 3.55. The van der Waals surface area contributed by atoms with Gasteiger partial charge in [0, 0.05) is 0 Å². The van der Waals surface area contributed by atoms with Gasteiger partial charge in [-0.25, -0.2) is 0 Å². The summed E-state index contributed by atoms with van der Waals surface area (Å²) < 4.78 is -1.72. The lowest BCUT2D eigenvalue weighted by Gasteiger charge is -1.88. The maximum absolute atomic E-state index is 9.50. The predicted molar refractivity (Wildman–Crippen MR) is 31.8 cm³/mol. The van der Waals surface area contributed by atoms with Crippen LogP contribution >= 0.6 is 22.6 Å². The Labute approximate surface area is 57.3 Å². The van der Waals surface area contributed by atoms with Crippen molar-refractivity contribution in [1.82, 2.24) is 0 Å². The van der Waals surface area contributed by atoms with E-state index in [1.807, 2.05) is 0 Å². The Kier molecular flexibility index (Phi) is 2.58. The average molecular weight is 232 g/mol. The molecule has 0 aromatic carbocycles. The molecule has 0 fully saturated rings. The first-order valence-corrected chi connectivity index (χ1v) is 2.71. The molecule has 0 aromatic heterocycles. The maximum atomic E-state index is 9.50. The lowest BCUT2D eigenvalue weighted by molar-refractivity contribution is -0.702. The Morgan fingerprint density at radius 2 is 1.50 bits per heavy atom. The molecule has 0 amide bonds. The molecule has 8 heavy (non-hydrogen) atoms. The first kappa shape index (κ1) is 7.53. The van der Waals surface area contributed by atoms with Crippen molar-refractivity contribution in [3.8, 4) is 0 Å². The van der Waals surface area contributed by atoms with E-state index in [0.717, 1.165) is 22.6 Å². The number of hydrogen-bond acceptors (Lipinski definition) is 4. The second kappa shape index (κ2) is 2.74. The third kappa shape index (κ3) is 2.00. The Balaban J connectivity index is 3.83. The zero-order valence-electron chi connectivity index (χ0n) is 3.48. The fourth-order valence-corrected chi connectivity index (χ4v) is 0.0770. The summed E-state index contributed by atoms with van der Waals surface area (Å²) >= 11 is 1.12. The smallest absolute Gasteiger partial charge is 0.258 e. The molecule has 0 bridgehead atoms. The van der Waals surface area contributed by atoms with Gasteiger partial charge in [-0.15, -0.1) is 0 Å². The maximum Gasteiger partial charge on any atom is 0.495 e. The minimum atomic E-state index is -1.72. The molecule has 0 rings (SSSR count). The minimum Gasteiger partial charge on any atom is -0.258 e. The van der Waals surface area contributed by atoms with Crippen molar-refractivity contribution in [2.24, 2.45) is 0 Å². The molecule has 0 aliphatic carbocycles. The van der Waals surface area contributed by atoms with E-state index in [9.17, 15) is 20.2 Å². The molecule has 46 valence electrons. The lowest BCUT2D eigenvalue weighted by atomic mass is 11.2. The lowest BCUT2D eigenvalue weighted by Crippen LogP contribution is -2.20. The summed E-state index contributed by atoms with van der Waals surface area (Å²) in [5.74, 6) is 0. The summed E-state index contributed by atoms with van der Waals surface area (Å²) in [5.41, 5.74) is 0. The standard InChI is InChI=1S/CHIN2O4/c2-1(3(5)6)4(7)8/h1H. The number of alkyl halides is 1. The summed E-state index contributed by atoms with van der Waals surface area (Å²) in [6, 6.07) is 0. The summed E-state index contributed by atoms with van der Waals surface area (Å²) in [7, 11) is 0. The minimum absolute atomic E-state index is 0.972. The number of hydrogen-bond donors (Lipinski definition) is 0. The average Bonchev–Trinajstić information content (AvgIpc) is 1.64. The molecule has 0 heterocycles. The van der Waals surface area contributed by atoms with Crippen molar-refractivity contribution in [1.29, 1.82) is 0 Å². The topological polar surface area (TPSA) is 86.3 Å². The Morgan fingerprint density at radius 1 is 1.25 bits per heavy atom.